The number of nitrogens with zero attached hydrogens (tertiary/aromatic N) is 2. The topological polar surface area (TPSA) is 72.2 Å². The number of aliphatic carboxylic acids is 1. The zero-order chi connectivity index (χ0) is 12.3. The summed E-state index contributed by atoms with van der Waals surface area (Å²) >= 11 is 1.91. The first kappa shape index (κ1) is 12.9. The maximum absolute atomic E-state index is 11.8. The van der Waals surface area contributed by atoms with Gasteiger partial charge in [0.25, 0.3) is 5.56 Å². The molecule has 0 unspecified atom stereocenters. The van der Waals surface area contributed by atoms with Crippen LogP contribution in [0.4, 0.5) is 0 Å². The van der Waals surface area contributed by atoms with E-state index < -0.39 is 5.97 Å². The number of aryl methyl sites for hydroxylation is 1. The van der Waals surface area contributed by atoms with E-state index in [0.717, 1.165) is 6.08 Å². The minimum atomic E-state index is -1.01. The highest BCUT2D eigenvalue weighted by atomic mass is 127. The molecular formula is C10H11IN2O3. The quantitative estimate of drug-likeness (QED) is 0.666. The van der Waals surface area contributed by atoms with Gasteiger partial charge in [-0.3, -0.25) is 9.36 Å². The Hall–Kier alpha value is -1.18. The second-order valence-electron chi connectivity index (χ2n) is 3.37. The summed E-state index contributed by atoms with van der Waals surface area (Å²) in [6, 6.07) is 0. The van der Waals surface area contributed by atoms with Crippen molar-refractivity contribution in [2.75, 3.05) is 0 Å². The van der Waals surface area contributed by atoms with Gasteiger partial charge in [-0.05, 0) is 42.0 Å². The summed E-state index contributed by atoms with van der Waals surface area (Å²) in [6.45, 7) is 3.63. The summed E-state index contributed by atoms with van der Waals surface area (Å²) < 4.78 is 1.97. The average Bonchev–Trinajstić information content (AvgIpc) is 2.17. The van der Waals surface area contributed by atoms with Gasteiger partial charge >= 0.3 is 5.97 Å². The van der Waals surface area contributed by atoms with Crippen LogP contribution in [-0.2, 0) is 11.3 Å². The molecule has 1 rings (SSSR count). The Balaban J connectivity index is 3.11. The Bertz CT molecular complexity index is 505. The Morgan fingerprint density at radius 1 is 1.69 bits per heavy atom. The van der Waals surface area contributed by atoms with E-state index in [9.17, 15) is 9.59 Å². The molecule has 0 saturated heterocycles. The van der Waals surface area contributed by atoms with Gasteiger partial charge < -0.3 is 5.11 Å². The van der Waals surface area contributed by atoms with Crippen molar-refractivity contribution in [3.63, 3.8) is 0 Å². The molecule has 0 radical (unpaired) electrons. The lowest BCUT2D eigenvalue weighted by molar-refractivity contribution is -0.131. The first-order valence-corrected chi connectivity index (χ1v) is 5.61. The van der Waals surface area contributed by atoms with Crippen LogP contribution in [0.2, 0.25) is 0 Å². The van der Waals surface area contributed by atoms with Gasteiger partial charge in [-0.15, -0.1) is 0 Å². The molecule has 1 heterocycles. The van der Waals surface area contributed by atoms with Crippen LogP contribution in [0.3, 0.4) is 0 Å². The lowest BCUT2D eigenvalue weighted by atomic mass is 10.2. The number of carbonyl (C=O) groups is 1. The zero-order valence-corrected chi connectivity index (χ0v) is 11.1. The fourth-order valence-corrected chi connectivity index (χ4v) is 1.67. The molecule has 0 bridgehead atoms. The lowest BCUT2D eigenvalue weighted by Gasteiger charge is -2.09. The number of carboxylic acid groups (broad SMARTS) is 1. The van der Waals surface area contributed by atoms with E-state index in [1.807, 2.05) is 22.6 Å². The van der Waals surface area contributed by atoms with Gasteiger partial charge in [-0.2, -0.15) is 0 Å². The molecule has 0 spiro atoms. The Kier molecular flexibility index (Phi) is 4.22. The molecule has 0 fully saturated rings. The molecule has 0 aliphatic heterocycles. The molecule has 5 nitrogen and oxygen atoms in total. The van der Waals surface area contributed by atoms with Crippen molar-refractivity contribution in [3.05, 3.63) is 37.6 Å². The number of rotatable bonds is 3. The van der Waals surface area contributed by atoms with E-state index >= 15 is 0 Å². The van der Waals surface area contributed by atoms with Crippen LogP contribution >= 0.6 is 22.6 Å². The summed E-state index contributed by atoms with van der Waals surface area (Å²) in [5, 5.41) is 8.57. The highest BCUT2D eigenvalue weighted by Gasteiger charge is 2.06. The van der Waals surface area contributed by atoms with Crippen molar-refractivity contribution in [2.24, 2.45) is 0 Å². The van der Waals surface area contributed by atoms with E-state index in [2.05, 4.69) is 4.98 Å². The van der Waals surface area contributed by atoms with Gasteiger partial charge in [0, 0.05) is 18.8 Å². The van der Waals surface area contributed by atoms with Crippen LogP contribution in [0.5, 0.6) is 0 Å². The first-order chi connectivity index (χ1) is 7.41. The highest BCUT2D eigenvalue weighted by molar-refractivity contribution is 14.1. The van der Waals surface area contributed by atoms with E-state index in [0.29, 0.717) is 15.0 Å². The second kappa shape index (κ2) is 5.24. The fourth-order valence-electron chi connectivity index (χ4n) is 1.24. The first-order valence-electron chi connectivity index (χ1n) is 4.54. The summed E-state index contributed by atoms with van der Waals surface area (Å²) in [5.74, 6) is -0.439. The summed E-state index contributed by atoms with van der Waals surface area (Å²) in [4.78, 5) is 26.3. The average molecular weight is 334 g/mol. The Morgan fingerprint density at radius 2 is 2.31 bits per heavy atom. The monoisotopic (exact) mass is 334 g/mol. The molecule has 16 heavy (non-hydrogen) atoms. The third kappa shape index (κ3) is 3.16. The van der Waals surface area contributed by atoms with Crippen LogP contribution in [0, 0.1) is 10.5 Å². The summed E-state index contributed by atoms with van der Waals surface area (Å²) in [6.07, 6.45) is 2.59. The van der Waals surface area contributed by atoms with Crippen molar-refractivity contribution in [3.8, 4) is 0 Å². The van der Waals surface area contributed by atoms with Crippen LogP contribution in [0.1, 0.15) is 12.7 Å². The van der Waals surface area contributed by atoms with Gasteiger partial charge in [0.05, 0.1) is 3.57 Å². The number of aromatic nitrogens is 2. The SMILES string of the molecule is CC(=CC(=O)O)Cn1c(C)ncc(I)c1=O. The lowest BCUT2D eigenvalue weighted by Crippen LogP contribution is -2.26. The van der Waals surface area contributed by atoms with Gasteiger partial charge in [-0.25, -0.2) is 9.78 Å². The minimum absolute atomic E-state index is 0.147. The molecule has 0 amide bonds. The molecule has 0 atom stereocenters. The van der Waals surface area contributed by atoms with Crippen molar-refractivity contribution in [1.29, 1.82) is 0 Å². The molecule has 0 aliphatic carbocycles. The van der Waals surface area contributed by atoms with E-state index in [4.69, 9.17) is 5.11 Å². The van der Waals surface area contributed by atoms with Gasteiger partial charge in [0.15, 0.2) is 0 Å². The van der Waals surface area contributed by atoms with Crippen molar-refractivity contribution in [2.45, 2.75) is 20.4 Å². The fraction of sp³-hybridized carbons (Fsp3) is 0.300. The van der Waals surface area contributed by atoms with Gasteiger partial charge in [0.1, 0.15) is 5.82 Å². The maximum atomic E-state index is 11.8. The van der Waals surface area contributed by atoms with E-state index in [1.165, 1.54) is 10.8 Å². The zero-order valence-electron chi connectivity index (χ0n) is 8.90. The maximum Gasteiger partial charge on any atom is 0.328 e. The second-order valence-corrected chi connectivity index (χ2v) is 4.54. The van der Waals surface area contributed by atoms with Crippen LogP contribution < -0.4 is 5.56 Å². The third-order valence-corrected chi connectivity index (χ3v) is 2.72. The number of hydrogen-bond acceptors (Lipinski definition) is 3. The molecule has 0 saturated carbocycles. The highest BCUT2D eigenvalue weighted by Crippen LogP contribution is 2.02. The molecule has 1 aromatic heterocycles. The number of halogens is 1. The molecule has 1 N–H and O–H groups in total. The van der Waals surface area contributed by atoms with Crippen LogP contribution in [0.25, 0.3) is 0 Å². The summed E-state index contributed by atoms with van der Waals surface area (Å²) in [7, 11) is 0. The van der Waals surface area contributed by atoms with E-state index in [1.54, 1.807) is 13.8 Å². The van der Waals surface area contributed by atoms with Crippen LogP contribution in [0.15, 0.2) is 22.6 Å². The molecule has 86 valence electrons. The van der Waals surface area contributed by atoms with E-state index in [-0.39, 0.29) is 12.1 Å². The van der Waals surface area contributed by atoms with Crippen LogP contribution in [-0.4, -0.2) is 20.6 Å². The van der Waals surface area contributed by atoms with Crippen molar-refractivity contribution >= 4 is 28.6 Å². The smallest absolute Gasteiger partial charge is 0.328 e. The standard InChI is InChI=1S/C10H11IN2O3/c1-6(3-9(14)15)5-13-7(2)12-4-8(11)10(13)16/h3-4H,5H2,1-2H3,(H,14,15). The third-order valence-electron chi connectivity index (χ3n) is 1.98. The van der Waals surface area contributed by atoms with Crippen molar-refractivity contribution in [1.82, 2.24) is 9.55 Å². The molecule has 0 aromatic carbocycles. The van der Waals surface area contributed by atoms with Gasteiger partial charge in [-0.1, -0.05) is 0 Å². The minimum Gasteiger partial charge on any atom is -0.478 e. The van der Waals surface area contributed by atoms with Crippen molar-refractivity contribution < 1.29 is 9.90 Å². The largest absolute Gasteiger partial charge is 0.478 e. The Morgan fingerprint density at radius 3 is 2.88 bits per heavy atom. The number of hydrogen-bond donors (Lipinski definition) is 1. The molecular weight excluding hydrogens is 323 g/mol. The predicted molar refractivity (Wildman–Crippen MR) is 67.3 cm³/mol. The summed E-state index contributed by atoms with van der Waals surface area (Å²) in [5.41, 5.74) is 0.452. The molecule has 0 aliphatic rings. The number of allylic oxidation sites excluding steroid dienone is 1. The predicted octanol–water partition coefficient (Wildman–Crippen LogP) is 1.19. The molecule has 6 heteroatoms. The Labute approximate surface area is 106 Å². The molecule has 1 aromatic rings. The normalized spacial score (nSPS) is 11.6. The number of carboxylic acids is 1. The van der Waals surface area contributed by atoms with Gasteiger partial charge in [0.2, 0.25) is 0 Å².